The lowest BCUT2D eigenvalue weighted by molar-refractivity contribution is -0.139. The largest absolute Gasteiger partial charge is 0.426 e. The fourth-order valence-electron chi connectivity index (χ4n) is 5.63. The van der Waals surface area contributed by atoms with E-state index < -0.39 is 11.9 Å². The number of amides is 3. The number of carbonyl (C=O) groups excluding carboxylic acids is 4. The Bertz CT molecular complexity index is 1200. The van der Waals surface area contributed by atoms with Gasteiger partial charge in [-0.05, 0) is 80.5 Å². The smallest absolute Gasteiger partial charge is 0.316 e. The molecule has 0 unspecified atom stereocenters. The number of anilines is 2. The number of hydrogen-bond acceptors (Lipinski definition) is 5. The van der Waals surface area contributed by atoms with Crippen LogP contribution in [0.3, 0.4) is 0 Å². The molecule has 0 N–H and O–H groups in total. The highest BCUT2D eigenvalue weighted by molar-refractivity contribution is 6.22. The Morgan fingerprint density at radius 3 is 2.40 bits per heavy atom. The van der Waals surface area contributed by atoms with E-state index in [1.807, 2.05) is 32.0 Å². The van der Waals surface area contributed by atoms with Crippen molar-refractivity contribution in [1.82, 2.24) is 0 Å². The first kappa shape index (κ1) is 23.3. The Morgan fingerprint density at radius 1 is 0.943 bits per heavy atom. The highest BCUT2D eigenvalue weighted by Gasteiger charge is 2.50. The van der Waals surface area contributed by atoms with Gasteiger partial charge in [-0.15, -0.1) is 0 Å². The van der Waals surface area contributed by atoms with Crippen LogP contribution in [-0.4, -0.2) is 30.2 Å². The van der Waals surface area contributed by atoms with Crippen LogP contribution >= 0.6 is 0 Å². The van der Waals surface area contributed by atoms with Gasteiger partial charge in [0.2, 0.25) is 17.7 Å². The molecule has 35 heavy (non-hydrogen) atoms. The maximum absolute atomic E-state index is 12.9. The number of carbonyl (C=O) groups is 4. The fraction of sp³-hybridized carbons (Fsp3) is 0.429. The number of hydrogen-bond donors (Lipinski definition) is 0. The van der Waals surface area contributed by atoms with Gasteiger partial charge in [0.15, 0.2) is 0 Å². The summed E-state index contributed by atoms with van der Waals surface area (Å²) in [5.74, 6) is -1.08. The molecule has 3 aliphatic rings. The van der Waals surface area contributed by atoms with Gasteiger partial charge in [-0.3, -0.25) is 24.1 Å². The highest BCUT2D eigenvalue weighted by Crippen LogP contribution is 2.42. The lowest BCUT2D eigenvalue weighted by atomic mass is 9.76. The molecule has 3 fully saturated rings. The van der Waals surface area contributed by atoms with Crippen molar-refractivity contribution in [3.63, 3.8) is 0 Å². The van der Waals surface area contributed by atoms with Crippen molar-refractivity contribution in [1.29, 1.82) is 0 Å². The third-order valence-electron chi connectivity index (χ3n) is 7.83. The summed E-state index contributed by atoms with van der Waals surface area (Å²) in [6, 6.07) is 12.3. The van der Waals surface area contributed by atoms with E-state index >= 15 is 0 Å². The van der Waals surface area contributed by atoms with Crippen LogP contribution in [0.2, 0.25) is 0 Å². The van der Waals surface area contributed by atoms with Crippen LogP contribution in [0, 0.1) is 37.5 Å². The highest BCUT2D eigenvalue weighted by atomic mass is 16.5. The molecule has 0 aromatic heterocycles. The van der Waals surface area contributed by atoms with Gasteiger partial charge in [0.1, 0.15) is 5.75 Å². The first-order chi connectivity index (χ1) is 16.7. The van der Waals surface area contributed by atoms with Crippen LogP contribution < -0.4 is 14.5 Å². The topological polar surface area (TPSA) is 84.0 Å². The SMILES string of the molecule is Cc1cccc(N2C[C@H](C(=O)Oc3ccc(N4C(=O)[C@@H]5CC[C@@H](C)C[C@H]5C4=O)cc3)CC2=O)c1C. The third kappa shape index (κ3) is 4.13. The van der Waals surface area contributed by atoms with Gasteiger partial charge in [0.05, 0.1) is 23.4 Å². The molecule has 0 radical (unpaired) electrons. The molecule has 4 atom stereocenters. The Morgan fingerprint density at radius 2 is 1.66 bits per heavy atom. The minimum absolute atomic E-state index is 0.0992. The van der Waals surface area contributed by atoms with Gasteiger partial charge < -0.3 is 9.64 Å². The maximum atomic E-state index is 12.9. The van der Waals surface area contributed by atoms with Gasteiger partial charge in [0, 0.05) is 18.7 Å². The fourth-order valence-corrected chi connectivity index (χ4v) is 5.63. The van der Waals surface area contributed by atoms with Crippen molar-refractivity contribution < 1.29 is 23.9 Å². The molecular formula is C28H30N2O5. The standard InChI is InChI=1S/C28H30N2O5/c1-16-7-12-22-23(13-16)27(33)30(26(22)32)20-8-10-21(11-9-20)35-28(34)19-14-25(31)29(15-19)24-6-4-5-17(2)18(24)3/h4-6,8-11,16,19,22-23H,7,12-15H2,1-3H3/t16-,19-,22-,23-/m1/s1. The maximum Gasteiger partial charge on any atom is 0.316 e. The molecule has 3 amide bonds. The van der Waals surface area contributed by atoms with E-state index in [0.29, 0.717) is 17.4 Å². The van der Waals surface area contributed by atoms with Gasteiger partial charge in [0.25, 0.3) is 0 Å². The van der Waals surface area contributed by atoms with Crippen molar-refractivity contribution >= 4 is 35.1 Å². The summed E-state index contributed by atoms with van der Waals surface area (Å²) in [6.45, 7) is 6.36. The average Bonchev–Trinajstić information content (AvgIpc) is 3.33. The van der Waals surface area contributed by atoms with E-state index in [4.69, 9.17) is 4.74 Å². The Labute approximate surface area is 205 Å². The lowest BCUT2D eigenvalue weighted by Gasteiger charge is -2.25. The molecule has 7 nitrogen and oxygen atoms in total. The van der Waals surface area contributed by atoms with Gasteiger partial charge >= 0.3 is 5.97 Å². The second-order valence-corrected chi connectivity index (χ2v) is 10.2. The van der Waals surface area contributed by atoms with E-state index in [-0.39, 0.29) is 42.5 Å². The number of esters is 1. The summed E-state index contributed by atoms with van der Waals surface area (Å²) in [5.41, 5.74) is 3.43. The molecule has 2 aliphatic heterocycles. The number of ether oxygens (including phenoxy) is 1. The normalized spacial score (nSPS) is 26.3. The molecular weight excluding hydrogens is 444 g/mol. The van der Waals surface area contributed by atoms with E-state index in [0.717, 1.165) is 36.1 Å². The molecule has 2 heterocycles. The summed E-state index contributed by atoms with van der Waals surface area (Å²) in [7, 11) is 0. The summed E-state index contributed by atoms with van der Waals surface area (Å²) < 4.78 is 5.56. The molecule has 7 heteroatoms. The van der Waals surface area contributed by atoms with Gasteiger partial charge in [-0.1, -0.05) is 19.1 Å². The zero-order valence-electron chi connectivity index (χ0n) is 20.3. The molecule has 2 aromatic rings. The number of fused-ring (bicyclic) bond motifs is 1. The first-order valence-corrected chi connectivity index (χ1v) is 12.3. The van der Waals surface area contributed by atoms with E-state index in [1.54, 1.807) is 29.2 Å². The summed E-state index contributed by atoms with van der Waals surface area (Å²) in [6.07, 6.45) is 2.57. The molecule has 2 saturated heterocycles. The second-order valence-electron chi connectivity index (χ2n) is 10.2. The van der Waals surface area contributed by atoms with Gasteiger partial charge in [-0.2, -0.15) is 0 Å². The van der Waals surface area contributed by atoms with Crippen LogP contribution in [0.1, 0.15) is 43.7 Å². The minimum Gasteiger partial charge on any atom is -0.426 e. The molecule has 0 bridgehead atoms. The van der Waals surface area contributed by atoms with Crippen molar-refractivity contribution in [3.8, 4) is 5.75 Å². The molecule has 2 aromatic carbocycles. The van der Waals surface area contributed by atoms with E-state index in [2.05, 4.69) is 6.92 Å². The first-order valence-electron chi connectivity index (χ1n) is 12.3. The summed E-state index contributed by atoms with van der Waals surface area (Å²) in [5, 5.41) is 0. The van der Waals surface area contributed by atoms with Crippen molar-refractivity contribution in [2.45, 2.75) is 46.5 Å². The van der Waals surface area contributed by atoms with Crippen LogP contribution in [0.15, 0.2) is 42.5 Å². The van der Waals surface area contributed by atoms with E-state index in [9.17, 15) is 19.2 Å². The second kappa shape index (κ2) is 8.95. The number of nitrogens with zero attached hydrogens (tertiary/aromatic N) is 2. The van der Waals surface area contributed by atoms with Crippen LogP contribution in [0.4, 0.5) is 11.4 Å². The third-order valence-corrected chi connectivity index (χ3v) is 7.83. The predicted octanol–water partition coefficient (Wildman–Crippen LogP) is 4.19. The summed E-state index contributed by atoms with van der Waals surface area (Å²) >= 11 is 0. The molecule has 5 rings (SSSR count). The number of rotatable bonds is 4. The monoisotopic (exact) mass is 474 g/mol. The number of imide groups is 1. The van der Waals surface area contributed by atoms with Gasteiger partial charge in [-0.25, -0.2) is 0 Å². The van der Waals surface area contributed by atoms with Crippen molar-refractivity contribution in [2.75, 3.05) is 16.3 Å². The lowest BCUT2D eigenvalue weighted by Crippen LogP contribution is -2.30. The molecule has 0 spiro atoms. The van der Waals surface area contributed by atoms with E-state index in [1.165, 1.54) is 4.90 Å². The average molecular weight is 475 g/mol. The predicted molar refractivity (Wildman–Crippen MR) is 131 cm³/mol. The molecule has 1 saturated carbocycles. The minimum atomic E-state index is -0.561. The zero-order valence-corrected chi connectivity index (χ0v) is 20.3. The van der Waals surface area contributed by atoms with Crippen LogP contribution in [0.5, 0.6) is 5.75 Å². The Hall–Kier alpha value is -3.48. The van der Waals surface area contributed by atoms with Crippen molar-refractivity contribution in [2.24, 2.45) is 23.7 Å². The van der Waals surface area contributed by atoms with Crippen LogP contribution in [-0.2, 0) is 19.2 Å². The Kier molecular flexibility index (Phi) is 5.95. The van der Waals surface area contributed by atoms with Crippen LogP contribution in [0.25, 0.3) is 0 Å². The quantitative estimate of drug-likeness (QED) is 0.377. The van der Waals surface area contributed by atoms with Crippen molar-refractivity contribution in [3.05, 3.63) is 53.6 Å². The summed E-state index contributed by atoms with van der Waals surface area (Å²) in [4.78, 5) is 54.2. The zero-order chi connectivity index (χ0) is 24.9. The molecule has 182 valence electrons. The molecule has 1 aliphatic carbocycles. The number of benzene rings is 2. The number of aryl methyl sites for hydroxylation is 1. The Balaban J connectivity index is 1.25.